The number of aromatic nitrogens is 1. The van der Waals surface area contributed by atoms with Crippen molar-refractivity contribution >= 4 is 11.6 Å². The summed E-state index contributed by atoms with van der Waals surface area (Å²) in [4.78, 5) is 4.56. The second-order valence-electron chi connectivity index (χ2n) is 6.12. The van der Waals surface area contributed by atoms with E-state index in [0.29, 0.717) is 5.92 Å². The second kappa shape index (κ2) is 12.0. The van der Waals surface area contributed by atoms with Gasteiger partial charge in [-0.2, -0.15) is 0 Å². The van der Waals surface area contributed by atoms with Crippen LogP contribution in [0.15, 0.2) is 18.3 Å². The van der Waals surface area contributed by atoms with Gasteiger partial charge in [0.05, 0.1) is 10.7 Å². The molecule has 0 amide bonds. The van der Waals surface area contributed by atoms with Crippen molar-refractivity contribution in [2.75, 3.05) is 0 Å². The molecule has 0 saturated heterocycles. The largest absolute Gasteiger partial charge is 0.259 e. The molecular formula is C19H32ClN. The van der Waals surface area contributed by atoms with E-state index < -0.39 is 0 Å². The van der Waals surface area contributed by atoms with E-state index >= 15 is 0 Å². The van der Waals surface area contributed by atoms with Gasteiger partial charge in [-0.15, -0.1) is 0 Å². The molecule has 0 aliphatic carbocycles. The van der Waals surface area contributed by atoms with Crippen LogP contribution in [0, 0.1) is 0 Å². The minimum atomic E-state index is 0.553. The Hall–Kier alpha value is -0.560. The SMILES string of the molecule is CCCCCCCC(CCCCCC)c1ncccc1Cl. The third-order valence-electron chi connectivity index (χ3n) is 4.24. The monoisotopic (exact) mass is 309 g/mol. The zero-order valence-corrected chi connectivity index (χ0v) is 14.7. The number of unbranched alkanes of at least 4 members (excludes halogenated alkanes) is 7. The Kier molecular flexibility index (Phi) is 10.6. The third-order valence-corrected chi connectivity index (χ3v) is 4.56. The average molecular weight is 310 g/mol. The molecule has 21 heavy (non-hydrogen) atoms. The first-order valence-corrected chi connectivity index (χ1v) is 9.27. The summed E-state index contributed by atoms with van der Waals surface area (Å²) < 4.78 is 0. The van der Waals surface area contributed by atoms with Gasteiger partial charge in [0.25, 0.3) is 0 Å². The Labute approximate surface area is 136 Å². The minimum absolute atomic E-state index is 0.553. The van der Waals surface area contributed by atoms with Gasteiger partial charge >= 0.3 is 0 Å². The van der Waals surface area contributed by atoms with Crippen LogP contribution in [0.25, 0.3) is 0 Å². The van der Waals surface area contributed by atoms with Crippen LogP contribution in [0.2, 0.25) is 5.02 Å². The average Bonchev–Trinajstić information content (AvgIpc) is 2.50. The Bertz CT molecular complexity index is 364. The molecule has 0 radical (unpaired) electrons. The van der Waals surface area contributed by atoms with Gasteiger partial charge < -0.3 is 0 Å². The van der Waals surface area contributed by atoms with Crippen LogP contribution in [0.5, 0.6) is 0 Å². The fourth-order valence-corrected chi connectivity index (χ4v) is 3.20. The molecule has 1 aromatic heterocycles. The molecule has 1 nitrogen and oxygen atoms in total. The molecule has 0 bridgehead atoms. The van der Waals surface area contributed by atoms with Gasteiger partial charge in [-0.05, 0) is 25.0 Å². The summed E-state index contributed by atoms with van der Waals surface area (Å²) in [5.74, 6) is 0.553. The third kappa shape index (κ3) is 7.85. The predicted octanol–water partition coefficient (Wildman–Crippen LogP) is 7.15. The molecule has 1 heterocycles. The summed E-state index contributed by atoms with van der Waals surface area (Å²) in [7, 11) is 0. The second-order valence-corrected chi connectivity index (χ2v) is 6.53. The van der Waals surface area contributed by atoms with E-state index in [1.54, 1.807) is 0 Å². The Morgan fingerprint density at radius 2 is 1.48 bits per heavy atom. The van der Waals surface area contributed by atoms with E-state index in [1.807, 2.05) is 18.3 Å². The molecule has 1 unspecified atom stereocenters. The molecule has 120 valence electrons. The van der Waals surface area contributed by atoms with Crippen LogP contribution in [-0.2, 0) is 0 Å². The molecule has 0 spiro atoms. The van der Waals surface area contributed by atoms with Gasteiger partial charge in [0.15, 0.2) is 0 Å². The highest BCUT2D eigenvalue weighted by atomic mass is 35.5. The fourth-order valence-electron chi connectivity index (χ4n) is 2.93. The van der Waals surface area contributed by atoms with E-state index in [-0.39, 0.29) is 0 Å². The molecule has 0 N–H and O–H groups in total. The number of nitrogens with zero attached hydrogens (tertiary/aromatic N) is 1. The lowest BCUT2D eigenvalue weighted by Gasteiger charge is -2.17. The lowest BCUT2D eigenvalue weighted by Crippen LogP contribution is -2.03. The van der Waals surface area contributed by atoms with Crippen LogP contribution in [-0.4, -0.2) is 4.98 Å². The van der Waals surface area contributed by atoms with E-state index in [4.69, 9.17) is 11.6 Å². The summed E-state index contributed by atoms with van der Waals surface area (Å²) in [6, 6.07) is 3.92. The Balaban J connectivity index is 2.47. The van der Waals surface area contributed by atoms with Crippen LogP contribution in [0.4, 0.5) is 0 Å². The number of hydrogen-bond donors (Lipinski definition) is 0. The molecule has 0 aliphatic rings. The molecule has 0 aromatic carbocycles. The maximum absolute atomic E-state index is 6.36. The van der Waals surface area contributed by atoms with Crippen molar-refractivity contribution in [2.24, 2.45) is 0 Å². The van der Waals surface area contributed by atoms with Crippen LogP contribution in [0.3, 0.4) is 0 Å². The smallest absolute Gasteiger partial charge is 0.0624 e. The zero-order chi connectivity index (χ0) is 15.3. The van der Waals surface area contributed by atoms with Crippen molar-refractivity contribution in [3.63, 3.8) is 0 Å². The normalized spacial score (nSPS) is 12.5. The number of hydrogen-bond acceptors (Lipinski definition) is 1. The lowest BCUT2D eigenvalue weighted by atomic mass is 9.91. The summed E-state index contributed by atoms with van der Waals surface area (Å²) in [6.45, 7) is 4.53. The first-order chi connectivity index (χ1) is 10.3. The van der Waals surface area contributed by atoms with Crippen molar-refractivity contribution in [1.82, 2.24) is 4.98 Å². The predicted molar refractivity (Wildman–Crippen MR) is 94.1 cm³/mol. The maximum atomic E-state index is 6.36. The first-order valence-electron chi connectivity index (χ1n) is 8.90. The molecule has 1 atom stereocenters. The molecule has 0 saturated carbocycles. The molecule has 0 fully saturated rings. The summed E-state index contributed by atoms with van der Waals surface area (Å²) in [5.41, 5.74) is 1.13. The summed E-state index contributed by atoms with van der Waals surface area (Å²) in [6.07, 6.45) is 16.4. The van der Waals surface area contributed by atoms with Crippen molar-refractivity contribution in [3.05, 3.63) is 29.0 Å². The molecular weight excluding hydrogens is 278 g/mol. The minimum Gasteiger partial charge on any atom is -0.259 e. The van der Waals surface area contributed by atoms with Crippen LogP contribution < -0.4 is 0 Å². The van der Waals surface area contributed by atoms with E-state index in [1.165, 1.54) is 70.6 Å². The van der Waals surface area contributed by atoms with Crippen LogP contribution >= 0.6 is 11.6 Å². The highest BCUT2D eigenvalue weighted by Crippen LogP contribution is 2.31. The first kappa shape index (κ1) is 18.5. The van der Waals surface area contributed by atoms with Gasteiger partial charge in [-0.3, -0.25) is 4.98 Å². The standard InChI is InChI=1S/C19H32ClN/c1-3-5-7-9-11-14-17(13-10-8-6-4-2)19-18(20)15-12-16-21-19/h12,15-17H,3-11,13-14H2,1-2H3. The van der Waals surface area contributed by atoms with E-state index in [0.717, 1.165) is 10.7 Å². The fraction of sp³-hybridized carbons (Fsp3) is 0.737. The van der Waals surface area contributed by atoms with Gasteiger partial charge in [0.2, 0.25) is 0 Å². The summed E-state index contributed by atoms with van der Waals surface area (Å²) in [5, 5.41) is 0.853. The van der Waals surface area contributed by atoms with Gasteiger partial charge in [-0.1, -0.05) is 83.2 Å². The van der Waals surface area contributed by atoms with Gasteiger partial charge in [0.1, 0.15) is 0 Å². The topological polar surface area (TPSA) is 12.9 Å². The quantitative estimate of drug-likeness (QED) is 0.373. The number of pyridine rings is 1. The van der Waals surface area contributed by atoms with Gasteiger partial charge in [-0.25, -0.2) is 0 Å². The number of halogens is 1. The molecule has 0 aliphatic heterocycles. The van der Waals surface area contributed by atoms with Crippen molar-refractivity contribution in [2.45, 2.75) is 90.4 Å². The van der Waals surface area contributed by atoms with Crippen molar-refractivity contribution in [3.8, 4) is 0 Å². The summed E-state index contributed by atoms with van der Waals surface area (Å²) >= 11 is 6.36. The maximum Gasteiger partial charge on any atom is 0.0624 e. The van der Waals surface area contributed by atoms with Crippen molar-refractivity contribution < 1.29 is 0 Å². The van der Waals surface area contributed by atoms with E-state index in [9.17, 15) is 0 Å². The highest BCUT2D eigenvalue weighted by molar-refractivity contribution is 6.31. The Morgan fingerprint density at radius 1 is 0.905 bits per heavy atom. The molecule has 1 rings (SSSR count). The lowest BCUT2D eigenvalue weighted by molar-refractivity contribution is 0.486. The number of rotatable bonds is 12. The van der Waals surface area contributed by atoms with Crippen LogP contribution in [0.1, 0.15) is 96.1 Å². The molecule has 2 heteroatoms. The molecule has 1 aromatic rings. The highest BCUT2D eigenvalue weighted by Gasteiger charge is 2.15. The zero-order valence-electron chi connectivity index (χ0n) is 13.9. The van der Waals surface area contributed by atoms with Crippen molar-refractivity contribution in [1.29, 1.82) is 0 Å². The van der Waals surface area contributed by atoms with Gasteiger partial charge in [0, 0.05) is 12.1 Å². The Morgan fingerprint density at radius 3 is 2.05 bits per heavy atom. The van der Waals surface area contributed by atoms with E-state index in [2.05, 4.69) is 18.8 Å².